The van der Waals surface area contributed by atoms with Crippen molar-refractivity contribution in [3.05, 3.63) is 35.9 Å². The van der Waals surface area contributed by atoms with Crippen molar-refractivity contribution in [2.75, 3.05) is 14.2 Å². The number of rotatable bonds is 7. The molecule has 0 saturated heterocycles. The van der Waals surface area contributed by atoms with Crippen LogP contribution in [0.3, 0.4) is 0 Å². The van der Waals surface area contributed by atoms with E-state index in [9.17, 15) is 14.7 Å². The molecule has 0 spiro atoms. The van der Waals surface area contributed by atoms with Crippen LogP contribution >= 0.6 is 0 Å². The highest BCUT2D eigenvalue weighted by Gasteiger charge is 2.33. The minimum atomic E-state index is -1.09. The quantitative estimate of drug-likeness (QED) is 0.837. The van der Waals surface area contributed by atoms with Crippen molar-refractivity contribution in [3.63, 3.8) is 0 Å². The number of carboxylic acid groups (broad SMARTS) is 1. The molecule has 22 heavy (non-hydrogen) atoms. The Labute approximate surface area is 130 Å². The summed E-state index contributed by atoms with van der Waals surface area (Å²) in [6.07, 6.45) is -0.515. The summed E-state index contributed by atoms with van der Waals surface area (Å²) in [5.41, 5.74) is 0.185. The van der Waals surface area contributed by atoms with Crippen LogP contribution in [0.2, 0.25) is 0 Å². The minimum absolute atomic E-state index is 0.101. The van der Waals surface area contributed by atoms with Crippen molar-refractivity contribution in [3.8, 4) is 0 Å². The van der Waals surface area contributed by atoms with Crippen LogP contribution < -0.4 is 0 Å². The third kappa shape index (κ3) is 5.37. The molecule has 122 valence electrons. The lowest BCUT2D eigenvalue weighted by molar-refractivity contribution is -0.145. The lowest BCUT2D eigenvalue weighted by atomic mass is 9.98. The standard InChI is InChI=1S/C16H23NO5/c1-16(2,21-4)10-13(14(18)19)17(3)15(20)22-11-12-8-6-5-7-9-12/h5-9,13H,10-11H2,1-4H3,(H,18,19). The number of nitrogens with zero attached hydrogens (tertiary/aromatic N) is 1. The molecule has 0 aliphatic heterocycles. The molecule has 0 fully saturated rings. The van der Waals surface area contributed by atoms with Crippen LogP contribution in [0, 0.1) is 0 Å². The van der Waals surface area contributed by atoms with Gasteiger partial charge in [0.25, 0.3) is 0 Å². The number of carbonyl (C=O) groups excluding carboxylic acids is 1. The van der Waals surface area contributed by atoms with Gasteiger partial charge in [0, 0.05) is 20.6 Å². The Hall–Kier alpha value is -2.08. The summed E-state index contributed by atoms with van der Waals surface area (Å²) >= 11 is 0. The first-order chi connectivity index (χ1) is 10.3. The minimum Gasteiger partial charge on any atom is -0.480 e. The number of methoxy groups -OCH3 is 1. The molecule has 1 rings (SSSR count). The maximum Gasteiger partial charge on any atom is 0.410 e. The van der Waals surface area contributed by atoms with E-state index in [1.54, 1.807) is 13.8 Å². The first kappa shape index (κ1) is 18.0. The van der Waals surface area contributed by atoms with Gasteiger partial charge in [0.2, 0.25) is 0 Å². The second kappa shape index (κ2) is 7.79. The Kier molecular flexibility index (Phi) is 6.37. The van der Waals surface area contributed by atoms with Gasteiger partial charge in [-0.1, -0.05) is 30.3 Å². The Morgan fingerprint density at radius 1 is 1.27 bits per heavy atom. The number of benzene rings is 1. The molecule has 1 aromatic carbocycles. The van der Waals surface area contributed by atoms with Crippen LogP contribution in [0.1, 0.15) is 25.8 Å². The zero-order valence-corrected chi connectivity index (χ0v) is 13.4. The fourth-order valence-electron chi connectivity index (χ4n) is 1.89. The van der Waals surface area contributed by atoms with Gasteiger partial charge in [0.1, 0.15) is 12.6 Å². The summed E-state index contributed by atoms with van der Waals surface area (Å²) in [5, 5.41) is 9.33. The number of ether oxygens (including phenoxy) is 2. The van der Waals surface area contributed by atoms with Crippen LogP contribution in [-0.2, 0) is 20.9 Å². The maximum absolute atomic E-state index is 12.0. The molecule has 0 bridgehead atoms. The largest absolute Gasteiger partial charge is 0.480 e. The molecule has 0 aliphatic rings. The van der Waals surface area contributed by atoms with E-state index in [0.717, 1.165) is 10.5 Å². The number of carboxylic acids is 1. The highest BCUT2D eigenvalue weighted by molar-refractivity contribution is 5.79. The Morgan fingerprint density at radius 2 is 1.86 bits per heavy atom. The van der Waals surface area contributed by atoms with E-state index >= 15 is 0 Å². The zero-order valence-electron chi connectivity index (χ0n) is 13.4. The van der Waals surface area contributed by atoms with Gasteiger partial charge < -0.3 is 14.6 Å². The molecule has 6 heteroatoms. The van der Waals surface area contributed by atoms with Crippen molar-refractivity contribution in [1.82, 2.24) is 4.90 Å². The van der Waals surface area contributed by atoms with Gasteiger partial charge in [-0.3, -0.25) is 4.90 Å². The highest BCUT2D eigenvalue weighted by Crippen LogP contribution is 2.19. The second-order valence-corrected chi connectivity index (χ2v) is 5.67. The van der Waals surface area contributed by atoms with Crippen molar-refractivity contribution in [2.24, 2.45) is 0 Å². The summed E-state index contributed by atoms with van der Waals surface area (Å²) in [6.45, 7) is 3.64. The van der Waals surface area contributed by atoms with Crippen LogP contribution in [0.25, 0.3) is 0 Å². The average molecular weight is 309 g/mol. The Morgan fingerprint density at radius 3 is 2.36 bits per heavy atom. The molecule has 0 saturated carbocycles. The van der Waals surface area contributed by atoms with Crippen LogP contribution in [-0.4, -0.2) is 47.9 Å². The van der Waals surface area contributed by atoms with E-state index in [-0.39, 0.29) is 13.0 Å². The van der Waals surface area contributed by atoms with Crippen molar-refractivity contribution >= 4 is 12.1 Å². The predicted molar refractivity (Wildman–Crippen MR) is 81.5 cm³/mol. The molecule has 1 aromatic rings. The molecule has 1 unspecified atom stereocenters. The van der Waals surface area contributed by atoms with Crippen LogP contribution in [0.15, 0.2) is 30.3 Å². The molecular formula is C16H23NO5. The maximum atomic E-state index is 12.0. The van der Waals surface area contributed by atoms with Crippen LogP contribution in [0.4, 0.5) is 4.79 Å². The average Bonchev–Trinajstić information content (AvgIpc) is 2.50. The Balaban J connectivity index is 2.67. The van der Waals surface area contributed by atoms with Crippen molar-refractivity contribution in [1.29, 1.82) is 0 Å². The number of hydrogen-bond donors (Lipinski definition) is 1. The SMILES string of the molecule is COC(C)(C)CC(C(=O)O)N(C)C(=O)OCc1ccccc1. The summed E-state index contributed by atoms with van der Waals surface area (Å²) in [5.74, 6) is -1.09. The third-order valence-electron chi connectivity index (χ3n) is 3.48. The molecule has 1 atom stereocenters. The first-order valence-corrected chi connectivity index (χ1v) is 6.98. The van der Waals surface area contributed by atoms with Gasteiger partial charge in [0.15, 0.2) is 0 Å². The number of carbonyl (C=O) groups is 2. The molecule has 0 radical (unpaired) electrons. The van der Waals surface area contributed by atoms with E-state index in [0.29, 0.717) is 0 Å². The summed E-state index contributed by atoms with van der Waals surface area (Å²) in [4.78, 5) is 24.5. The number of aliphatic carboxylic acids is 1. The number of hydrogen-bond acceptors (Lipinski definition) is 4. The fraction of sp³-hybridized carbons (Fsp3) is 0.500. The van der Waals surface area contributed by atoms with Gasteiger partial charge in [-0.25, -0.2) is 9.59 Å². The normalized spacial score (nSPS) is 12.5. The topological polar surface area (TPSA) is 76.1 Å². The third-order valence-corrected chi connectivity index (χ3v) is 3.48. The molecule has 1 amide bonds. The lowest BCUT2D eigenvalue weighted by Gasteiger charge is -2.31. The number of likely N-dealkylation sites (N-methyl/N-ethyl adjacent to an activating group) is 1. The van der Waals surface area contributed by atoms with Gasteiger partial charge in [0.05, 0.1) is 5.60 Å². The van der Waals surface area contributed by atoms with E-state index in [1.165, 1.54) is 14.2 Å². The molecule has 1 N–H and O–H groups in total. The Bertz CT molecular complexity index is 501. The van der Waals surface area contributed by atoms with Crippen LogP contribution in [0.5, 0.6) is 0 Å². The van der Waals surface area contributed by atoms with Crippen molar-refractivity contribution < 1.29 is 24.2 Å². The fourth-order valence-corrected chi connectivity index (χ4v) is 1.89. The van der Waals surface area contributed by atoms with E-state index < -0.39 is 23.7 Å². The smallest absolute Gasteiger partial charge is 0.410 e. The molecule has 0 aromatic heterocycles. The summed E-state index contributed by atoms with van der Waals surface area (Å²) < 4.78 is 10.4. The van der Waals surface area contributed by atoms with Crippen molar-refractivity contribution in [2.45, 2.75) is 38.5 Å². The second-order valence-electron chi connectivity index (χ2n) is 5.67. The monoisotopic (exact) mass is 309 g/mol. The van der Waals surface area contributed by atoms with Gasteiger partial charge in [-0.2, -0.15) is 0 Å². The zero-order chi connectivity index (χ0) is 16.8. The molecule has 0 aliphatic carbocycles. The molecule has 6 nitrogen and oxygen atoms in total. The number of amides is 1. The predicted octanol–water partition coefficient (Wildman–Crippen LogP) is 2.52. The van der Waals surface area contributed by atoms with E-state index in [2.05, 4.69) is 0 Å². The molecular weight excluding hydrogens is 286 g/mol. The van der Waals surface area contributed by atoms with E-state index in [4.69, 9.17) is 9.47 Å². The molecule has 0 heterocycles. The first-order valence-electron chi connectivity index (χ1n) is 6.98. The summed E-state index contributed by atoms with van der Waals surface area (Å²) in [6, 6.07) is 8.19. The van der Waals surface area contributed by atoms with Gasteiger partial charge in [-0.15, -0.1) is 0 Å². The highest BCUT2D eigenvalue weighted by atomic mass is 16.6. The summed E-state index contributed by atoms with van der Waals surface area (Å²) in [7, 11) is 2.92. The van der Waals surface area contributed by atoms with Gasteiger partial charge in [-0.05, 0) is 19.4 Å². The lowest BCUT2D eigenvalue weighted by Crippen LogP contribution is -2.46. The van der Waals surface area contributed by atoms with E-state index in [1.807, 2.05) is 30.3 Å². The van der Waals surface area contributed by atoms with Gasteiger partial charge >= 0.3 is 12.1 Å².